The summed E-state index contributed by atoms with van der Waals surface area (Å²) in [6.07, 6.45) is 0. The van der Waals surface area contributed by atoms with Crippen molar-refractivity contribution in [3.63, 3.8) is 0 Å². The minimum absolute atomic E-state index is 0.927. The molecular formula is C50H38N4. The van der Waals surface area contributed by atoms with E-state index in [2.05, 4.69) is 113 Å². The van der Waals surface area contributed by atoms with Crippen LogP contribution < -0.4 is 21.4 Å². The smallest absolute Gasteiger partial charge is 0.0748 e. The van der Waals surface area contributed by atoms with E-state index in [1.807, 2.05) is 72.8 Å². The van der Waals surface area contributed by atoms with Gasteiger partial charge in [0.1, 0.15) is 0 Å². The Hall–Kier alpha value is -6.78. The van der Waals surface area contributed by atoms with E-state index in [0.29, 0.717) is 0 Å². The number of rotatable bonds is 4. The lowest BCUT2D eigenvalue weighted by Crippen LogP contribution is -2.20. The summed E-state index contributed by atoms with van der Waals surface area (Å²) in [6, 6.07) is 54.7. The summed E-state index contributed by atoms with van der Waals surface area (Å²) in [7, 11) is 0. The normalized spacial score (nSPS) is 13.3. The topological polar surface area (TPSA) is 49.4 Å². The Bertz CT molecular complexity index is 2730. The van der Waals surface area contributed by atoms with Crippen molar-refractivity contribution in [2.24, 2.45) is 20.0 Å². The van der Waals surface area contributed by atoms with E-state index in [-0.39, 0.29) is 0 Å². The maximum Gasteiger partial charge on any atom is 0.0748 e. The van der Waals surface area contributed by atoms with Gasteiger partial charge in [0.05, 0.1) is 44.2 Å². The fraction of sp³-hybridized carbons (Fsp3) is 0.0800. The summed E-state index contributed by atoms with van der Waals surface area (Å²) in [4.78, 5) is 20.9. The standard InChI is InChI=1S/C50H38N4/c1-31-32(2)48(52-40-19-11-6-12-20-40)44-28-36-26-38-30-46-45(29-37(38)25-35(36)27-43(44)47(31)51-39-17-9-5-10-18-39)49(53-41-21-13-7-14-22-41)33(3)34(4)50(46)54-42-23-15-8-16-24-42/h5-30H,1-4H3/b51-47-,52-48-,53-49+,54-50+. The number of hydrogen-bond acceptors (Lipinski definition) is 4. The fourth-order valence-electron chi connectivity index (χ4n) is 7.51. The molecule has 0 bridgehead atoms. The van der Waals surface area contributed by atoms with Gasteiger partial charge in [-0.1, -0.05) is 72.8 Å². The highest BCUT2D eigenvalue weighted by Crippen LogP contribution is 2.30. The molecule has 0 saturated carbocycles. The van der Waals surface area contributed by atoms with E-state index in [0.717, 1.165) is 110 Å². The summed E-state index contributed by atoms with van der Waals surface area (Å²) in [5.74, 6) is 0. The Morgan fingerprint density at radius 1 is 0.259 bits per heavy atom. The molecule has 9 aromatic rings. The van der Waals surface area contributed by atoms with Gasteiger partial charge in [-0.3, -0.25) is 0 Å². The molecule has 0 aliphatic heterocycles. The number of hydrogen-bond donors (Lipinski definition) is 0. The van der Waals surface area contributed by atoms with Crippen LogP contribution >= 0.6 is 0 Å². The quantitative estimate of drug-likeness (QED) is 0.165. The van der Waals surface area contributed by atoms with Gasteiger partial charge < -0.3 is 0 Å². The van der Waals surface area contributed by atoms with Crippen LogP contribution in [0.4, 0.5) is 22.7 Å². The Morgan fingerprint density at radius 2 is 0.463 bits per heavy atom. The van der Waals surface area contributed by atoms with Gasteiger partial charge >= 0.3 is 0 Å². The second-order valence-electron chi connectivity index (χ2n) is 14.0. The van der Waals surface area contributed by atoms with Crippen LogP contribution in [0, 0.1) is 27.7 Å². The SMILES string of the molecule is Cc1c(C)/c(=N/c2ccccc2)c2cc3cc4cc5/c(=N/c6ccccc6)c(C)c(C)/c(=N\c6ccccc6)c5cc4cc3cc2/c1=N\c1ccccc1. The Kier molecular flexibility index (Phi) is 8.36. The summed E-state index contributed by atoms with van der Waals surface area (Å²) < 4.78 is 0. The highest BCUT2D eigenvalue weighted by molar-refractivity contribution is 6.08. The van der Waals surface area contributed by atoms with Crippen LogP contribution in [0.5, 0.6) is 0 Å². The zero-order valence-electron chi connectivity index (χ0n) is 30.8. The van der Waals surface area contributed by atoms with Crippen LogP contribution in [0.15, 0.2) is 178 Å². The molecule has 9 rings (SSSR count). The van der Waals surface area contributed by atoms with Crippen LogP contribution in [-0.2, 0) is 0 Å². The van der Waals surface area contributed by atoms with E-state index in [4.69, 9.17) is 20.0 Å². The van der Waals surface area contributed by atoms with Crippen molar-refractivity contribution in [3.8, 4) is 0 Å². The molecule has 0 aliphatic carbocycles. The molecule has 0 amide bonds. The molecule has 4 heteroatoms. The van der Waals surface area contributed by atoms with Gasteiger partial charge in [0.15, 0.2) is 0 Å². The van der Waals surface area contributed by atoms with E-state index in [1.54, 1.807) is 0 Å². The zero-order valence-corrected chi connectivity index (χ0v) is 30.8. The summed E-state index contributed by atoms with van der Waals surface area (Å²) in [5, 5.41) is 12.8. The van der Waals surface area contributed by atoms with Gasteiger partial charge in [0.2, 0.25) is 0 Å². The second-order valence-corrected chi connectivity index (χ2v) is 14.0. The maximum atomic E-state index is 5.24. The molecule has 0 saturated heterocycles. The highest BCUT2D eigenvalue weighted by Gasteiger charge is 2.14. The molecule has 0 atom stereocenters. The number of benzene rings is 9. The third kappa shape index (κ3) is 6.02. The molecule has 0 unspecified atom stereocenters. The second kappa shape index (κ2) is 13.6. The van der Waals surface area contributed by atoms with Crippen molar-refractivity contribution in [2.45, 2.75) is 27.7 Å². The molecule has 54 heavy (non-hydrogen) atoms. The van der Waals surface area contributed by atoms with Crippen LogP contribution in [0.25, 0.3) is 43.1 Å². The Balaban J connectivity index is 1.40. The number of nitrogens with zero attached hydrogens (tertiary/aromatic N) is 4. The van der Waals surface area contributed by atoms with Crippen molar-refractivity contribution >= 4 is 65.8 Å². The number of fused-ring (bicyclic) bond motifs is 4. The maximum absolute atomic E-state index is 5.24. The summed E-state index contributed by atoms with van der Waals surface area (Å²) >= 11 is 0. The zero-order chi connectivity index (χ0) is 36.8. The van der Waals surface area contributed by atoms with Crippen molar-refractivity contribution in [3.05, 3.63) is 201 Å². The molecular weight excluding hydrogens is 657 g/mol. The van der Waals surface area contributed by atoms with E-state index >= 15 is 0 Å². The van der Waals surface area contributed by atoms with Crippen LogP contribution in [-0.4, -0.2) is 0 Å². The predicted molar refractivity (Wildman–Crippen MR) is 224 cm³/mol. The van der Waals surface area contributed by atoms with Gasteiger partial charge in [-0.05, 0) is 156 Å². The van der Waals surface area contributed by atoms with Gasteiger partial charge in [0.25, 0.3) is 0 Å². The predicted octanol–water partition coefficient (Wildman–Crippen LogP) is 11.3. The van der Waals surface area contributed by atoms with Crippen molar-refractivity contribution < 1.29 is 0 Å². The van der Waals surface area contributed by atoms with Gasteiger partial charge in [-0.25, -0.2) is 20.0 Å². The average Bonchev–Trinajstić information content (AvgIpc) is 3.21. The molecule has 4 nitrogen and oxygen atoms in total. The average molecular weight is 695 g/mol. The lowest BCUT2D eigenvalue weighted by molar-refractivity contribution is 1.20. The van der Waals surface area contributed by atoms with Crippen LogP contribution in [0.1, 0.15) is 22.3 Å². The third-order valence-electron chi connectivity index (χ3n) is 10.6. The minimum atomic E-state index is 0.927. The van der Waals surface area contributed by atoms with Crippen LogP contribution in [0.3, 0.4) is 0 Å². The fourth-order valence-corrected chi connectivity index (χ4v) is 7.51. The molecule has 0 radical (unpaired) electrons. The number of para-hydroxylation sites is 4. The molecule has 0 spiro atoms. The lowest BCUT2D eigenvalue weighted by Gasteiger charge is -2.13. The van der Waals surface area contributed by atoms with Gasteiger partial charge in [0, 0.05) is 21.5 Å². The van der Waals surface area contributed by atoms with Crippen molar-refractivity contribution in [2.75, 3.05) is 0 Å². The van der Waals surface area contributed by atoms with Gasteiger partial charge in [-0.2, -0.15) is 0 Å². The first-order valence-electron chi connectivity index (χ1n) is 18.4. The lowest BCUT2D eigenvalue weighted by atomic mass is 9.93. The molecule has 258 valence electrons. The Labute approximate surface area is 313 Å². The molecule has 0 fully saturated rings. The monoisotopic (exact) mass is 694 g/mol. The molecule has 0 N–H and O–H groups in total. The van der Waals surface area contributed by atoms with Crippen molar-refractivity contribution in [1.82, 2.24) is 0 Å². The third-order valence-corrected chi connectivity index (χ3v) is 10.6. The van der Waals surface area contributed by atoms with Crippen LogP contribution in [0.2, 0.25) is 0 Å². The van der Waals surface area contributed by atoms with Gasteiger partial charge in [-0.15, -0.1) is 0 Å². The molecule has 0 heterocycles. The van der Waals surface area contributed by atoms with E-state index in [1.165, 1.54) is 0 Å². The molecule has 9 aromatic carbocycles. The molecule has 0 aromatic heterocycles. The minimum Gasteiger partial charge on any atom is -0.248 e. The van der Waals surface area contributed by atoms with E-state index in [9.17, 15) is 0 Å². The Morgan fingerprint density at radius 3 is 0.667 bits per heavy atom. The first-order valence-corrected chi connectivity index (χ1v) is 18.4. The summed E-state index contributed by atoms with van der Waals surface area (Å²) in [6.45, 7) is 8.66. The molecule has 0 aliphatic rings. The highest BCUT2D eigenvalue weighted by atomic mass is 14.8. The van der Waals surface area contributed by atoms with E-state index < -0.39 is 0 Å². The summed E-state index contributed by atoms with van der Waals surface area (Å²) in [5.41, 5.74) is 8.21. The van der Waals surface area contributed by atoms with Crippen molar-refractivity contribution in [1.29, 1.82) is 0 Å². The first-order chi connectivity index (χ1) is 26.4. The largest absolute Gasteiger partial charge is 0.248 e. The first kappa shape index (κ1) is 33.1.